The third kappa shape index (κ3) is 4.12. The van der Waals surface area contributed by atoms with Gasteiger partial charge in [0.05, 0.1) is 33.5 Å². The number of carbonyl (C=O) groups excluding carboxylic acids is 3. The fourth-order valence-electron chi connectivity index (χ4n) is 4.00. The summed E-state index contributed by atoms with van der Waals surface area (Å²) >= 11 is 3.34. The fraction of sp³-hybridized carbons (Fsp3) is 0.304. The normalized spacial score (nSPS) is 15.0. The molecule has 0 aromatic heterocycles. The minimum atomic E-state index is -0.460. The van der Waals surface area contributed by atoms with Crippen LogP contribution in [0, 0.1) is 11.3 Å². The van der Waals surface area contributed by atoms with E-state index in [-0.39, 0.29) is 39.4 Å². The van der Waals surface area contributed by atoms with Crippen molar-refractivity contribution in [2.75, 3.05) is 31.6 Å². The first-order valence-electron chi connectivity index (χ1n) is 10.4. The van der Waals surface area contributed by atoms with Gasteiger partial charge in [-0.15, -0.1) is 5.11 Å². The second kappa shape index (κ2) is 9.11. The number of esters is 1. The van der Waals surface area contributed by atoms with Crippen LogP contribution in [-0.2, 0) is 16.0 Å². The van der Waals surface area contributed by atoms with E-state index in [4.69, 9.17) is 4.74 Å². The number of aryl methyl sites for hydroxylation is 1. The monoisotopic (exact) mass is 509 g/mol. The molecule has 2 heterocycles. The largest absolute Gasteiger partial charge is 0.465 e. The van der Waals surface area contributed by atoms with Gasteiger partial charge in [0, 0.05) is 19.3 Å². The highest BCUT2D eigenvalue weighted by Gasteiger charge is 2.37. The van der Waals surface area contributed by atoms with Crippen molar-refractivity contribution >= 4 is 50.8 Å². The highest BCUT2D eigenvalue weighted by atomic mass is 79.9. The van der Waals surface area contributed by atoms with Crippen molar-refractivity contribution in [1.82, 2.24) is 4.90 Å². The molecular formula is C23H20BrN5O4. The number of imide groups is 1. The van der Waals surface area contributed by atoms with Gasteiger partial charge in [-0.1, -0.05) is 0 Å². The molecule has 0 radical (unpaired) electrons. The lowest BCUT2D eigenvalue weighted by Gasteiger charge is -2.30. The van der Waals surface area contributed by atoms with Crippen molar-refractivity contribution in [1.29, 1.82) is 5.26 Å². The lowest BCUT2D eigenvalue weighted by molar-refractivity contribution is -0.141. The molecule has 2 amide bonds. The van der Waals surface area contributed by atoms with E-state index in [1.807, 2.05) is 23.1 Å². The molecule has 0 saturated heterocycles. The third-order valence-corrected chi connectivity index (χ3v) is 6.36. The van der Waals surface area contributed by atoms with Gasteiger partial charge < -0.3 is 9.64 Å². The van der Waals surface area contributed by atoms with Crippen LogP contribution in [0.3, 0.4) is 0 Å². The number of fused-ring (bicyclic) bond motifs is 2. The van der Waals surface area contributed by atoms with E-state index in [1.165, 1.54) is 13.1 Å². The maximum atomic E-state index is 12.4. The van der Waals surface area contributed by atoms with Gasteiger partial charge in [0.15, 0.2) is 0 Å². The first-order valence-corrected chi connectivity index (χ1v) is 11.2. The van der Waals surface area contributed by atoms with Gasteiger partial charge in [0.1, 0.15) is 18.3 Å². The summed E-state index contributed by atoms with van der Waals surface area (Å²) in [6.07, 6.45) is 1.73. The van der Waals surface area contributed by atoms with Gasteiger partial charge in [-0.05, 0) is 65.5 Å². The molecule has 0 spiro atoms. The predicted molar refractivity (Wildman–Crippen MR) is 123 cm³/mol. The van der Waals surface area contributed by atoms with E-state index in [1.54, 1.807) is 13.0 Å². The molecule has 0 unspecified atom stereocenters. The Morgan fingerprint density at radius 2 is 2.03 bits per heavy atom. The molecular weight excluding hydrogens is 490 g/mol. The Bertz CT molecular complexity index is 1250. The number of halogens is 1. The summed E-state index contributed by atoms with van der Waals surface area (Å²) in [5, 5.41) is 18.1. The second-order valence-electron chi connectivity index (χ2n) is 7.63. The molecule has 0 aliphatic carbocycles. The molecule has 33 heavy (non-hydrogen) atoms. The zero-order valence-corrected chi connectivity index (χ0v) is 19.7. The SMILES string of the molecule is CCOC(=O)CN1CCCc2cc(/N=N/c3c(C#N)cc4c(c3Br)C(=O)N(C)C4=O)ccc21. The van der Waals surface area contributed by atoms with Gasteiger partial charge in [-0.2, -0.15) is 10.4 Å². The molecule has 10 heteroatoms. The first kappa shape index (κ1) is 22.6. The van der Waals surface area contributed by atoms with Gasteiger partial charge in [-0.3, -0.25) is 19.3 Å². The molecule has 168 valence electrons. The molecule has 0 fully saturated rings. The molecule has 9 nitrogen and oxygen atoms in total. The minimum absolute atomic E-state index is 0.138. The molecule has 4 rings (SSSR count). The molecule has 2 aliphatic heterocycles. The maximum absolute atomic E-state index is 12.4. The van der Waals surface area contributed by atoms with Crippen molar-refractivity contribution in [3.63, 3.8) is 0 Å². The highest BCUT2D eigenvalue weighted by Crippen LogP contribution is 2.40. The number of anilines is 1. The minimum Gasteiger partial charge on any atom is -0.465 e. The topological polar surface area (TPSA) is 115 Å². The predicted octanol–water partition coefficient (Wildman–Crippen LogP) is 4.28. The Balaban J connectivity index is 1.65. The van der Waals surface area contributed by atoms with E-state index >= 15 is 0 Å². The molecule has 0 saturated carbocycles. The number of nitrogens with zero attached hydrogens (tertiary/aromatic N) is 5. The molecule has 2 aromatic carbocycles. The van der Waals surface area contributed by atoms with Crippen molar-refractivity contribution in [3.05, 3.63) is 51.0 Å². The number of amides is 2. The lowest BCUT2D eigenvalue weighted by Crippen LogP contribution is -2.35. The average molecular weight is 510 g/mol. The van der Waals surface area contributed by atoms with Crippen LogP contribution in [0.4, 0.5) is 17.1 Å². The fourth-order valence-corrected chi connectivity index (χ4v) is 4.68. The number of ether oxygens (including phenoxy) is 1. The number of nitriles is 1. The lowest BCUT2D eigenvalue weighted by atomic mass is 10.0. The summed E-state index contributed by atoms with van der Waals surface area (Å²) in [6, 6.07) is 8.96. The molecule has 2 aromatic rings. The number of carbonyl (C=O) groups is 3. The van der Waals surface area contributed by atoms with E-state index < -0.39 is 11.8 Å². The number of benzene rings is 2. The van der Waals surface area contributed by atoms with Crippen LogP contribution in [0.5, 0.6) is 0 Å². The zero-order chi connectivity index (χ0) is 23.7. The summed E-state index contributed by atoms with van der Waals surface area (Å²) in [5.74, 6) is -1.19. The van der Waals surface area contributed by atoms with Crippen molar-refractivity contribution < 1.29 is 19.1 Å². The van der Waals surface area contributed by atoms with Crippen LogP contribution in [0.25, 0.3) is 0 Å². The summed E-state index contributed by atoms with van der Waals surface area (Å²) in [5.41, 5.74) is 3.24. The van der Waals surface area contributed by atoms with Crippen LogP contribution in [0.15, 0.2) is 39.0 Å². The first-order chi connectivity index (χ1) is 15.8. The third-order valence-electron chi connectivity index (χ3n) is 5.58. The quantitative estimate of drug-likeness (QED) is 0.337. The number of azo groups is 1. The van der Waals surface area contributed by atoms with Gasteiger partial charge in [0.2, 0.25) is 0 Å². The van der Waals surface area contributed by atoms with E-state index in [0.717, 1.165) is 35.5 Å². The van der Waals surface area contributed by atoms with E-state index in [2.05, 4.69) is 26.2 Å². The highest BCUT2D eigenvalue weighted by molar-refractivity contribution is 9.10. The van der Waals surface area contributed by atoms with Gasteiger partial charge >= 0.3 is 5.97 Å². The Morgan fingerprint density at radius 1 is 1.24 bits per heavy atom. The van der Waals surface area contributed by atoms with Gasteiger partial charge in [-0.25, -0.2) is 0 Å². The van der Waals surface area contributed by atoms with Crippen LogP contribution in [0.1, 0.15) is 45.2 Å². The Labute approximate surface area is 198 Å². The summed E-state index contributed by atoms with van der Waals surface area (Å²) in [7, 11) is 1.39. The van der Waals surface area contributed by atoms with E-state index in [0.29, 0.717) is 12.3 Å². The summed E-state index contributed by atoms with van der Waals surface area (Å²) in [6.45, 7) is 3.08. The Morgan fingerprint density at radius 3 is 2.76 bits per heavy atom. The summed E-state index contributed by atoms with van der Waals surface area (Å²) in [4.78, 5) is 39.6. The number of hydrogen-bond acceptors (Lipinski definition) is 8. The van der Waals surface area contributed by atoms with Crippen LogP contribution in [0.2, 0.25) is 0 Å². The Kier molecular flexibility index (Phi) is 6.24. The van der Waals surface area contributed by atoms with Crippen molar-refractivity contribution in [3.8, 4) is 6.07 Å². The number of rotatable bonds is 5. The van der Waals surface area contributed by atoms with Crippen molar-refractivity contribution in [2.24, 2.45) is 10.2 Å². The average Bonchev–Trinajstić information content (AvgIpc) is 3.02. The Hall–Kier alpha value is -3.58. The van der Waals surface area contributed by atoms with Crippen LogP contribution < -0.4 is 4.90 Å². The maximum Gasteiger partial charge on any atom is 0.325 e. The number of hydrogen-bond donors (Lipinski definition) is 0. The van der Waals surface area contributed by atoms with E-state index in [9.17, 15) is 19.6 Å². The molecule has 2 aliphatic rings. The van der Waals surface area contributed by atoms with Gasteiger partial charge in [0.25, 0.3) is 11.8 Å². The van der Waals surface area contributed by atoms with Crippen LogP contribution >= 0.6 is 15.9 Å². The van der Waals surface area contributed by atoms with Crippen LogP contribution in [-0.4, -0.2) is 49.4 Å². The molecule has 0 atom stereocenters. The zero-order valence-electron chi connectivity index (χ0n) is 18.1. The summed E-state index contributed by atoms with van der Waals surface area (Å²) < 4.78 is 5.33. The molecule has 0 bridgehead atoms. The second-order valence-corrected chi connectivity index (χ2v) is 8.43. The smallest absolute Gasteiger partial charge is 0.325 e. The standard InChI is InChI=1S/C23H20BrN5O4/c1-3-33-18(30)12-29-8-4-5-13-9-15(6-7-17(13)29)26-27-21-14(11-25)10-16-19(20(21)24)23(32)28(2)22(16)31/h6-7,9-10H,3-5,8,12H2,1-2H3/b27-26+. The molecule has 0 N–H and O–H groups in total. The van der Waals surface area contributed by atoms with Crippen molar-refractivity contribution in [2.45, 2.75) is 19.8 Å².